The Morgan fingerprint density at radius 2 is 1.93 bits per heavy atom. The minimum atomic E-state index is -0.430. The van der Waals surface area contributed by atoms with Crippen molar-refractivity contribution in [1.82, 2.24) is 15.1 Å². The fourth-order valence-electron chi connectivity index (χ4n) is 2.35. The van der Waals surface area contributed by atoms with Crippen LogP contribution in [0.4, 0.5) is 9.52 Å². The fourth-order valence-corrected chi connectivity index (χ4v) is 3.16. The van der Waals surface area contributed by atoms with Gasteiger partial charge in [-0.05, 0) is 36.4 Å². The van der Waals surface area contributed by atoms with E-state index in [2.05, 4.69) is 20.4 Å². The highest BCUT2D eigenvalue weighted by molar-refractivity contribution is 7.14. The molecule has 134 valence electrons. The number of aromatic nitrogens is 3. The van der Waals surface area contributed by atoms with E-state index >= 15 is 0 Å². The predicted molar refractivity (Wildman–Crippen MR) is 100 cm³/mol. The van der Waals surface area contributed by atoms with Gasteiger partial charge >= 0.3 is 0 Å². The molecule has 3 aromatic heterocycles. The van der Waals surface area contributed by atoms with Crippen molar-refractivity contribution in [3.8, 4) is 22.7 Å². The zero-order valence-electron chi connectivity index (χ0n) is 13.5. The highest BCUT2D eigenvalue weighted by Gasteiger charge is 2.19. The second-order valence-corrected chi connectivity index (χ2v) is 6.72. The van der Waals surface area contributed by atoms with Gasteiger partial charge in [0, 0.05) is 17.1 Å². The minimum Gasteiger partial charge on any atom is -0.355 e. The number of pyridine rings is 1. The van der Waals surface area contributed by atoms with Crippen molar-refractivity contribution in [2.45, 2.75) is 0 Å². The van der Waals surface area contributed by atoms with E-state index in [-0.39, 0.29) is 17.1 Å². The van der Waals surface area contributed by atoms with Gasteiger partial charge in [-0.25, -0.2) is 9.37 Å². The van der Waals surface area contributed by atoms with Crippen LogP contribution in [-0.4, -0.2) is 21.0 Å². The third-order valence-corrected chi connectivity index (χ3v) is 4.62. The highest BCUT2D eigenvalue weighted by atomic mass is 35.5. The molecular weight excluding hydrogens is 391 g/mol. The van der Waals surface area contributed by atoms with E-state index in [1.54, 1.807) is 17.5 Å². The molecule has 0 radical (unpaired) electrons. The number of thiazole rings is 1. The van der Waals surface area contributed by atoms with Crippen LogP contribution in [0.1, 0.15) is 10.4 Å². The highest BCUT2D eigenvalue weighted by Crippen LogP contribution is 2.27. The number of carbonyl (C=O) groups is 1. The zero-order valence-corrected chi connectivity index (χ0v) is 15.1. The second kappa shape index (κ2) is 7.26. The SMILES string of the molecule is O=C(Nc1nc(-c2ccc(Cl)cn2)cs1)c1cnoc1-c1ccc(F)cc1. The lowest BCUT2D eigenvalue weighted by Gasteiger charge is -2.02. The van der Waals surface area contributed by atoms with Gasteiger partial charge in [-0.2, -0.15) is 0 Å². The first-order valence-electron chi connectivity index (χ1n) is 7.69. The van der Waals surface area contributed by atoms with Crippen molar-refractivity contribution in [2.75, 3.05) is 5.32 Å². The van der Waals surface area contributed by atoms with E-state index in [0.29, 0.717) is 27.1 Å². The molecule has 0 saturated heterocycles. The molecule has 0 fully saturated rings. The van der Waals surface area contributed by atoms with Crippen molar-refractivity contribution < 1.29 is 13.7 Å². The Morgan fingerprint density at radius 3 is 2.67 bits per heavy atom. The minimum absolute atomic E-state index is 0.225. The van der Waals surface area contributed by atoms with E-state index in [1.165, 1.54) is 48.0 Å². The zero-order chi connectivity index (χ0) is 18.8. The maximum atomic E-state index is 13.1. The van der Waals surface area contributed by atoms with Gasteiger partial charge in [-0.1, -0.05) is 16.8 Å². The smallest absolute Gasteiger partial charge is 0.263 e. The Kier molecular flexibility index (Phi) is 4.66. The van der Waals surface area contributed by atoms with Gasteiger partial charge in [0.15, 0.2) is 10.9 Å². The Morgan fingerprint density at radius 1 is 1.11 bits per heavy atom. The number of hydrogen-bond acceptors (Lipinski definition) is 6. The molecule has 6 nitrogen and oxygen atoms in total. The lowest BCUT2D eigenvalue weighted by molar-refractivity contribution is 0.102. The van der Waals surface area contributed by atoms with Crippen LogP contribution in [0, 0.1) is 5.82 Å². The van der Waals surface area contributed by atoms with Crippen LogP contribution in [0.2, 0.25) is 5.02 Å². The molecule has 27 heavy (non-hydrogen) atoms. The summed E-state index contributed by atoms with van der Waals surface area (Å²) in [6.07, 6.45) is 2.84. The Bertz CT molecular complexity index is 1090. The third kappa shape index (κ3) is 3.71. The molecule has 0 spiro atoms. The first-order valence-corrected chi connectivity index (χ1v) is 8.95. The number of hydrogen-bond donors (Lipinski definition) is 1. The summed E-state index contributed by atoms with van der Waals surface area (Å²) in [4.78, 5) is 21.1. The number of rotatable bonds is 4. The summed E-state index contributed by atoms with van der Waals surface area (Å²) in [5.41, 5.74) is 2.04. The van der Waals surface area contributed by atoms with E-state index in [1.807, 2.05) is 0 Å². The van der Waals surface area contributed by atoms with Crippen LogP contribution in [0.5, 0.6) is 0 Å². The molecule has 4 aromatic rings. The van der Waals surface area contributed by atoms with Crippen LogP contribution >= 0.6 is 22.9 Å². The number of amides is 1. The van der Waals surface area contributed by atoms with E-state index < -0.39 is 5.91 Å². The van der Waals surface area contributed by atoms with E-state index in [9.17, 15) is 9.18 Å². The fraction of sp³-hybridized carbons (Fsp3) is 0. The normalized spacial score (nSPS) is 10.7. The molecule has 3 heterocycles. The molecule has 0 aliphatic heterocycles. The van der Waals surface area contributed by atoms with E-state index in [0.717, 1.165) is 0 Å². The summed E-state index contributed by atoms with van der Waals surface area (Å²) in [5.74, 6) is -0.556. The Hall–Kier alpha value is -3.10. The van der Waals surface area contributed by atoms with Crippen LogP contribution in [-0.2, 0) is 0 Å². The van der Waals surface area contributed by atoms with Crippen LogP contribution in [0.3, 0.4) is 0 Å². The maximum absolute atomic E-state index is 13.1. The van der Waals surface area contributed by atoms with Gasteiger partial charge in [-0.15, -0.1) is 11.3 Å². The van der Waals surface area contributed by atoms with Crippen LogP contribution < -0.4 is 5.32 Å². The Labute approximate surface area is 161 Å². The molecule has 1 N–H and O–H groups in total. The molecule has 0 aliphatic carbocycles. The molecule has 0 atom stereocenters. The van der Waals surface area contributed by atoms with Gasteiger partial charge in [0.2, 0.25) is 0 Å². The van der Waals surface area contributed by atoms with Crippen molar-refractivity contribution in [1.29, 1.82) is 0 Å². The Balaban J connectivity index is 1.55. The number of halogens is 2. The predicted octanol–water partition coefficient (Wildman–Crippen LogP) is 4.90. The van der Waals surface area contributed by atoms with Crippen LogP contribution in [0.25, 0.3) is 22.7 Å². The van der Waals surface area contributed by atoms with Crippen molar-refractivity contribution >= 4 is 34.0 Å². The molecule has 0 aliphatic rings. The number of nitrogens with zero attached hydrogens (tertiary/aromatic N) is 3. The molecule has 0 saturated carbocycles. The summed E-state index contributed by atoms with van der Waals surface area (Å²) in [5, 5.41) is 9.09. The van der Waals surface area contributed by atoms with Gasteiger partial charge in [0.1, 0.15) is 17.1 Å². The number of carbonyl (C=O) groups excluding carboxylic acids is 1. The second-order valence-electron chi connectivity index (χ2n) is 5.43. The van der Waals surface area contributed by atoms with E-state index in [4.69, 9.17) is 16.1 Å². The lowest BCUT2D eigenvalue weighted by atomic mass is 10.1. The summed E-state index contributed by atoms with van der Waals surface area (Å²) in [6.45, 7) is 0. The van der Waals surface area contributed by atoms with Gasteiger partial charge in [0.05, 0.1) is 16.9 Å². The van der Waals surface area contributed by atoms with Crippen molar-refractivity contribution in [3.63, 3.8) is 0 Å². The third-order valence-electron chi connectivity index (χ3n) is 3.64. The van der Waals surface area contributed by atoms with Gasteiger partial charge in [0.25, 0.3) is 5.91 Å². The standard InChI is InChI=1S/C18H10ClFN4O2S/c19-11-3-6-14(21-7-11)15-9-27-18(23-15)24-17(25)13-8-22-26-16(13)10-1-4-12(20)5-2-10/h1-9H,(H,23,24,25). The topological polar surface area (TPSA) is 80.9 Å². The maximum Gasteiger partial charge on any atom is 0.263 e. The first kappa shape index (κ1) is 17.3. The van der Waals surface area contributed by atoms with Crippen molar-refractivity contribution in [3.05, 3.63) is 70.6 Å². The van der Waals surface area contributed by atoms with Crippen molar-refractivity contribution in [2.24, 2.45) is 0 Å². The lowest BCUT2D eigenvalue weighted by Crippen LogP contribution is -2.11. The summed E-state index contributed by atoms with van der Waals surface area (Å²) in [6, 6.07) is 9.06. The summed E-state index contributed by atoms with van der Waals surface area (Å²) in [7, 11) is 0. The number of anilines is 1. The monoisotopic (exact) mass is 400 g/mol. The summed E-state index contributed by atoms with van der Waals surface area (Å²) < 4.78 is 18.3. The van der Waals surface area contributed by atoms with Gasteiger partial charge < -0.3 is 4.52 Å². The summed E-state index contributed by atoms with van der Waals surface area (Å²) >= 11 is 7.09. The molecular formula is C18H10ClFN4O2S. The average Bonchev–Trinajstić information content (AvgIpc) is 3.33. The largest absolute Gasteiger partial charge is 0.355 e. The molecule has 0 bridgehead atoms. The molecule has 1 amide bonds. The molecule has 4 rings (SSSR count). The number of nitrogens with one attached hydrogen (secondary N) is 1. The first-order chi connectivity index (χ1) is 13.1. The van der Waals surface area contributed by atoms with Gasteiger partial charge in [-0.3, -0.25) is 15.1 Å². The van der Waals surface area contributed by atoms with Crippen LogP contribution in [0.15, 0.2) is 58.7 Å². The number of benzene rings is 1. The molecule has 9 heteroatoms. The quantitative estimate of drug-likeness (QED) is 0.526. The average molecular weight is 401 g/mol. The molecule has 1 aromatic carbocycles. The molecule has 0 unspecified atom stereocenters.